The molecule has 0 radical (unpaired) electrons. The SMILES string of the molecule is CC(CC(C)(C)O[N+](=O)[O-])O[N+](=O)[O-]. The van der Waals surface area contributed by atoms with Gasteiger partial charge in [0, 0.05) is 6.42 Å². The fraction of sp³-hybridized carbons (Fsp3) is 1.00. The van der Waals surface area contributed by atoms with Crippen molar-refractivity contribution in [1.29, 1.82) is 0 Å². The normalized spacial score (nSPS) is 13.1. The lowest BCUT2D eigenvalue weighted by Crippen LogP contribution is -2.33. The van der Waals surface area contributed by atoms with Gasteiger partial charge in [-0.15, -0.1) is 20.2 Å². The van der Waals surface area contributed by atoms with Gasteiger partial charge in [-0.25, -0.2) is 0 Å². The molecule has 0 aliphatic carbocycles. The van der Waals surface area contributed by atoms with E-state index in [0.29, 0.717) is 0 Å². The molecule has 0 aliphatic heterocycles. The average molecular weight is 208 g/mol. The van der Waals surface area contributed by atoms with Crippen molar-refractivity contribution in [3.63, 3.8) is 0 Å². The molecule has 0 fully saturated rings. The van der Waals surface area contributed by atoms with Crippen LogP contribution in [0.3, 0.4) is 0 Å². The maximum Gasteiger partial charge on any atom is 0.295 e. The van der Waals surface area contributed by atoms with Gasteiger partial charge in [0.05, 0.1) is 0 Å². The molecule has 1 unspecified atom stereocenters. The van der Waals surface area contributed by atoms with Crippen LogP contribution in [0.1, 0.15) is 27.2 Å². The zero-order valence-electron chi connectivity index (χ0n) is 8.13. The Labute approximate surface area is 80.0 Å². The molecule has 0 aliphatic rings. The second kappa shape index (κ2) is 4.58. The van der Waals surface area contributed by atoms with E-state index in [-0.39, 0.29) is 6.42 Å². The first-order chi connectivity index (χ1) is 6.23. The van der Waals surface area contributed by atoms with E-state index in [1.54, 1.807) is 0 Å². The Bertz CT molecular complexity index is 228. The van der Waals surface area contributed by atoms with Crippen molar-refractivity contribution in [3.05, 3.63) is 20.2 Å². The molecule has 0 rings (SSSR count). The summed E-state index contributed by atoms with van der Waals surface area (Å²) < 4.78 is 0. The predicted molar refractivity (Wildman–Crippen MR) is 44.3 cm³/mol. The molecule has 14 heavy (non-hydrogen) atoms. The Morgan fingerprint density at radius 3 is 2.14 bits per heavy atom. The van der Waals surface area contributed by atoms with Crippen molar-refractivity contribution >= 4 is 0 Å². The lowest BCUT2D eigenvalue weighted by Gasteiger charge is -2.24. The zero-order valence-corrected chi connectivity index (χ0v) is 8.13. The highest BCUT2D eigenvalue weighted by Crippen LogP contribution is 2.18. The first kappa shape index (κ1) is 12.4. The Morgan fingerprint density at radius 2 is 1.79 bits per heavy atom. The summed E-state index contributed by atoms with van der Waals surface area (Å²) in [6, 6.07) is 0. The van der Waals surface area contributed by atoms with Crippen LogP contribution in [0.5, 0.6) is 0 Å². The number of rotatable bonds is 6. The van der Waals surface area contributed by atoms with Gasteiger partial charge in [-0.3, -0.25) is 0 Å². The number of hydrogen-bond acceptors (Lipinski definition) is 6. The van der Waals surface area contributed by atoms with E-state index in [1.165, 1.54) is 20.8 Å². The second-order valence-corrected chi connectivity index (χ2v) is 3.42. The standard InChI is InChI=1S/C6H12N2O6/c1-5(13-7(9)10)4-6(2,3)14-8(11)12/h5H,4H2,1-3H3. The van der Waals surface area contributed by atoms with Crippen molar-refractivity contribution in [2.24, 2.45) is 0 Å². The van der Waals surface area contributed by atoms with Crippen LogP contribution in [-0.2, 0) is 9.68 Å². The van der Waals surface area contributed by atoms with Crippen LogP contribution in [-0.4, -0.2) is 21.9 Å². The van der Waals surface area contributed by atoms with Gasteiger partial charge in [-0.05, 0) is 20.8 Å². The molecule has 1 atom stereocenters. The van der Waals surface area contributed by atoms with Crippen LogP contribution in [0.4, 0.5) is 0 Å². The summed E-state index contributed by atoms with van der Waals surface area (Å²) in [4.78, 5) is 28.5. The first-order valence-electron chi connectivity index (χ1n) is 3.87. The fourth-order valence-electron chi connectivity index (χ4n) is 1.12. The second-order valence-electron chi connectivity index (χ2n) is 3.42. The maximum atomic E-state index is 10.0. The molecule has 0 aromatic rings. The van der Waals surface area contributed by atoms with Crippen molar-refractivity contribution < 1.29 is 19.8 Å². The molecule has 0 spiro atoms. The van der Waals surface area contributed by atoms with Gasteiger partial charge in [0.25, 0.3) is 10.2 Å². The summed E-state index contributed by atoms with van der Waals surface area (Å²) in [5, 5.41) is 18.1. The number of nitrogens with zero attached hydrogens (tertiary/aromatic N) is 2. The van der Waals surface area contributed by atoms with Crippen LogP contribution < -0.4 is 0 Å². The molecule has 0 aromatic carbocycles. The minimum atomic E-state index is -1.10. The molecule has 0 saturated heterocycles. The minimum absolute atomic E-state index is 0.0506. The fourth-order valence-corrected chi connectivity index (χ4v) is 1.12. The average Bonchev–Trinajstić information content (AvgIpc) is 1.77. The predicted octanol–water partition coefficient (Wildman–Crippen LogP) is 0.960. The van der Waals surface area contributed by atoms with Gasteiger partial charge in [0.2, 0.25) is 0 Å². The van der Waals surface area contributed by atoms with E-state index in [2.05, 4.69) is 9.68 Å². The van der Waals surface area contributed by atoms with Crippen LogP contribution >= 0.6 is 0 Å². The molecule has 8 nitrogen and oxygen atoms in total. The van der Waals surface area contributed by atoms with Gasteiger partial charge in [0.1, 0.15) is 11.7 Å². The summed E-state index contributed by atoms with van der Waals surface area (Å²) in [5.41, 5.74) is -1.10. The molecule has 8 heteroatoms. The zero-order chi connectivity index (χ0) is 11.4. The summed E-state index contributed by atoms with van der Waals surface area (Å²) >= 11 is 0. The van der Waals surface area contributed by atoms with Gasteiger partial charge in [-0.2, -0.15) is 0 Å². The topological polar surface area (TPSA) is 105 Å². The van der Waals surface area contributed by atoms with Crippen LogP contribution in [0.25, 0.3) is 0 Å². The Kier molecular flexibility index (Phi) is 4.06. The van der Waals surface area contributed by atoms with E-state index in [4.69, 9.17) is 0 Å². The van der Waals surface area contributed by atoms with Crippen molar-refractivity contribution in [1.82, 2.24) is 0 Å². The Balaban J connectivity index is 4.07. The van der Waals surface area contributed by atoms with E-state index in [9.17, 15) is 20.2 Å². The van der Waals surface area contributed by atoms with Gasteiger partial charge in [-0.1, -0.05) is 0 Å². The lowest BCUT2D eigenvalue weighted by atomic mass is 10.0. The largest absolute Gasteiger partial charge is 0.311 e. The molecular weight excluding hydrogens is 196 g/mol. The lowest BCUT2D eigenvalue weighted by molar-refractivity contribution is -0.786. The van der Waals surface area contributed by atoms with Crippen molar-refractivity contribution in [3.8, 4) is 0 Å². The Morgan fingerprint density at radius 1 is 1.29 bits per heavy atom. The smallest absolute Gasteiger partial charge is 0.295 e. The van der Waals surface area contributed by atoms with E-state index >= 15 is 0 Å². The third kappa shape index (κ3) is 5.98. The highest BCUT2D eigenvalue weighted by Gasteiger charge is 2.26. The van der Waals surface area contributed by atoms with Crippen LogP contribution in [0.15, 0.2) is 0 Å². The Hall–Kier alpha value is -1.60. The number of hydrogen-bond donors (Lipinski definition) is 0. The summed E-state index contributed by atoms with van der Waals surface area (Å²) in [5.74, 6) is 0. The molecule has 0 N–H and O–H groups in total. The third-order valence-electron chi connectivity index (χ3n) is 1.37. The third-order valence-corrected chi connectivity index (χ3v) is 1.37. The van der Waals surface area contributed by atoms with Crippen molar-refractivity contribution in [2.75, 3.05) is 0 Å². The molecule has 0 saturated carbocycles. The highest BCUT2D eigenvalue weighted by atomic mass is 17.0. The monoisotopic (exact) mass is 208 g/mol. The first-order valence-corrected chi connectivity index (χ1v) is 3.87. The summed E-state index contributed by atoms with van der Waals surface area (Å²) in [6.45, 7) is 4.35. The van der Waals surface area contributed by atoms with E-state index < -0.39 is 21.9 Å². The van der Waals surface area contributed by atoms with Gasteiger partial charge in [0.15, 0.2) is 0 Å². The summed E-state index contributed by atoms with van der Waals surface area (Å²) in [7, 11) is 0. The molecule has 0 heterocycles. The minimum Gasteiger partial charge on any atom is -0.311 e. The van der Waals surface area contributed by atoms with E-state index in [1.807, 2.05) is 0 Å². The quantitative estimate of drug-likeness (QED) is 0.475. The summed E-state index contributed by atoms with van der Waals surface area (Å²) in [6.07, 6.45) is -0.699. The van der Waals surface area contributed by atoms with E-state index in [0.717, 1.165) is 0 Å². The molecule has 0 amide bonds. The van der Waals surface area contributed by atoms with Crippen LogP contribution in [0.2, 0.25) is 0 Å². The van der Waals surface area contributed by atoms with Crippen molar-refractivity contribution in [2.45, 2.75) is 38.9 Å². The van der Waals surface area contributed by atoms with Gasteiger partial charge >= 0.3 is 0 Å². The molecular formula is C6H12N2O6. The molecule has 0 bridgehead atoms. The maximum absolute atomic E-state index is 10.0. The van der Waals surface area contributed by atoms with Crippen LogP contribution in [0, 0.1) is 20.2 Å². The molecule has 0 aromatic heterocycles. The highest BCUT2D eigenvalue weighted by molar-refractivity contribution is 4.69. The molecule has 82 valence electrons. The van der Waals surface area contributed by atoms with Gasteiger partial charge < -0.3 is 9.68 Å².